The van der Waals surface area contributed by atoms with Gasteiger partial charge in [-0.25, -0.2) is 4.99 Å². The number of nitrogens with zero attached hydrogens (tertiary/aromatic N) is 2. The van der Waals surface area contributed by atoms with Crippen molar-refractivity contribution < 1.29 is 9.47 Å². The molecule has 116 valence electrons. The highest BCUT2D eigenvalue weighted by Gasteiger charge is 2.20. The van der Waals surface area contributed by atoms with Crippen LogP contribution >= 0.6 is 27.3 Å². The van der Waals surface area contributed by atoms with E-state index in [-0.39, 0.29) is 6.79 Å². The predicted molar refractivity (Wildman–Crippen MR) is 93.2 cm³/mol. The van der Waals surface area contributed by atoms with Gasteiger partial charge in [0.15, 0.2) is 11.5 Å². The number of thiophene rings is 1. The standard InChI is InChI=1S/C17H13BrN2O2S/c18-13-6-15-14(21-9-22-15)5-10(13)8-20-17-12(7-19)11-3-1-2-4-16(11)23-17/h5-6,8H,1-4,9H2. The summed E-state index contributed by atoms with van der Waals surface area (Å²) < 4.78 is 11.6. The SMILES string of the molecule is N#Cc1c(N=Cc2cc3c(cc2Br)OCO3)sc2c1CCCC2. The molecule has 0 N–H and O–H groups in total. The van der Waals surface area contributed by atoms with Crippen LogP contribution in [0.4, 0.5) is 5.00 Å². The molecule has 1 aromatic carbocycles. The van der Waals surface area contributed by atoms with E-state index in [1.807, 2.05) is 12.1 Å². The molecular formula is C17H13BrN2O2S. The monoisotopic (exact) mass is 388 g/mol. The summed E-state index contributed by atoms with van der Waals surface area (Å²) in [5.74, 6) is 1.46. The Morgan fingerprint density at radius 2 is 2.00 bits per heavy atom. The van der Waals surface area contributed by atoms with Gasteiger partial charge in [-0.2, -0.15) is 5.26 Å². The predicted octanol–water partition coefficient (Wildman–Crippen LogP) is 4.74. The van der Waals surface area contributed by atoms with Crippen molar-refractivity contribution >= 4 is 38.5 Å². The molecule has 23 heavy (non-hydrogen) atoms. The average molecular weight is 389 g/mol. The lowest BCUT2D eigenvalue weighted by Gasteiger charge is -2.09. The Bertz CT molecular complexity index is 851. The van der Waals surface area contributed by atoms with E-state index in [2.05, 4.69) is 27.0 Å². The molecule has 6 heteroatoms. The molecule has 0 saturated carbocycles. The number of hydrogen-bond donors (Lipinski definition) is 0. The molecule has 4 rings (SSSR count). The quantitative estimate of drug-likeness (QED) is 0.698. The van der Waals surface area contributed by atoms with Crippen molar-refractivity contribution in [2.45, 2.75) is 25.7 Å². The molecular weight excluding hydrogens is 376 g/mol. The van der Waals surface area contributed by atoms with E-state index in [0.29, 0.717) is 0 Å². The first-order valence-corrected chi connectivity index (χ1v) is 9.05. The number of hydrogen-bond acceptors (Lipinski definition) is 5. The summed E-state index contributed by atoms with van der Waals surface area (Å²) in [5, 5.41) is 10.3. The summed E-state index contributed by atoms with van der Waals surface area (Å²) in [6, 6.07) is 6.12. The van der Waals surface area contributed by atoms with E-state index < -0.39 is 0 Å². The van der Waals surface area contributed by atoms with Crippen LogP contribution in [0, 0.1) is 11.3 Å². The van der Waals surface area contributed by atoms with E-state index >= 15 is 0 Å². The van der Waals surface area contributed by atoms with E-state index in [1.54, 1.807) is 17.6 Å². The number of benzene rings is 1. The van der Waals surface area contributed by atoms with Gasteiger partial charge in [-0.15, -0.1) is 11.3 Å². The lowest BCUT2D eigenvalue weighted by atomic mass is 9.96. The normalized spacial score (nSPS) is 15.7. The van der Waals surface area contributed by atoms with Gasteiger partial charge in [0.1, 0.15) is 11.1 Å². The Hall–Kier alpha value is -1.84. The molecule has 0 amide bonds. The largest absolute Gasteiger partial charge is 0.454 e. The summed E-state index contributed by atoms with van der Waals surface area (Å²) in [4.78, 5) is 5.91. The van der Waals surface area contributed by atoms with E-state index in [4.69, 9.17) is 9.47 Å². The molecule has 0 spiro atoms. The van der Waals surface area contributed by atoms with Crippen molar-refractivity contribution in [3.8, 4) is 17.6 Å². The maximum absolute atomic E-state index is 9.48. The zero-order chi connectivity index (χ0) is 15.8. The van der Waals surface area contributed by atoms with Gasteiger partial charge >= 0.3 is 0 Å². The lowest BCUT2D eigenvalue weighted by Crippen LogP contribution is -1.99. The van der Waals surface area contributed by atoms with Crippen molar-refractivity contribution in [1.29, 1.82) is 5.26 Å². The first kappa shape index (κ1) is 14.7. The first-order valence-electron chi connectivity index (χ1n) is 7.44. The van der Waals surface area contributed by atoms with Gasteiger partial charge in [-0.1, -0.05) is 0 Å². The van der Waals surface area contributed by atoms with Crippen LogP contribution in [0.5, 0.6) is 11.5 Å². The molecule has 0 atom stereocenters. The average Bonchev–Trinajstić information content (AvgIpc) is 3.15. The molecule has 0 unspecified atom stereocenters. The third-order valence-corrected chi connectivity index (χ3v) is 5.96. The summed E-state index contributed by atoms with van der Waals surface area (Å²) in [7, 11) is 0. The van der Waals surface area contributed by atoms with Crippen molar-refractivity contribution in [2.24, 2.45) is 4.99 Å². The molecule has 4 nitrogen and oxygen atoms in total. The van der Waals surface area contributed by atoms with Gasteiger partial charge in [0.25, 0.3) is 0 Å². The van der Waals surface area contributed by atoms with Crippen molar-refractivity contribution in [3.05, 3.63) is 38.2 Å². The third kappa shape index (κ3) is 2.64. The second kappa shape index (κ2) is 5.99. The molecule has 0 fully saturated rings. The van der Waals surface area contributed by atoms with E-state index in [0.717, 1.165) is 51.4 Å². The fourth-order valence-corrected chi connectivity index (χ4v) is 4.53. The van der Waals surface area contributed by atoms with Crippen LogP contribution in [0.25, 0.3) is 0 Å². The Labute approximate surface area is 146 Å². The topological polar surface area (TPSA) is 54.6 Å². The van der Waals surface area contributed by atoms with Crippen LogP contribution < -0.4 is 9.47 Å². The van der Waals surface area contributed by atoms with Crippen LogP contribution in [-0.2, 0) is 12.8 Å². The molecule has 1 aromatic heterocycles. The van der Waals surface area contributed by atoms with Crippen molar-refractivity contribution in [1.82, 2.24) is 0 Å². The second-order valence-electron chi connectivity index (χ2n) is 5.49. The van der Waals surface area contributed by atoms with Crippen LogP contribution in [0.3, 0.4) is 0 Å². The molecule has 2 heterocycles. The van der Waals surface area contributed by atoms with E-state index in [1.165, 1.54) is 16.9 Å². The number of fused-ring (bicyclic) bond motifs is 2. The number of nitriles is 1. The van der Waals surface area contributed by atoms with E-state index in [9.17, 15) is 5.26 Å². The Morgan fingerprint density at radius 3 is 2.83 bits per heavy atom. The summed E-state index contributed by atoms with van der Waals surface area (Å²) in [6.07, 6.45) is 6.21. The smallest absolute Gasteiger partial charge is 0.231 e. The number of ether oxygens (including phenoxy) is 2. The highest BCUT2D eigenvalue weighted by atomic mass is 79.9. The van der Waals surface area contributed by atoms with Crippen molar-refractivity contribution in [3.63, 3.8) is 0 Å². The van der Waals surface area contributed by atoms with Gasteiger partial charge in [0, 0.05) is 21.1 Å². The second-order valence-corrected chi connectivity index (χ2v) is 7.43. The van der Waals surface area contributed by atoms with Crippen LogP contribution in [-0.4, -0.2) is 13.0 Å². The molecule has 0 radical (unpaired) electrons. The van der Waals surface area contributed by atoms with Gasteiger partial charge in [-0.3, -0.25) is 0 Å². The highest BCUT2D eigenvalue weighted by Crippen LogP contribution is 2.40. The van der Waals surface area contributed by atoms with Gasteiger partial charge in [-0.05, 0) is 59.3 Å². The minimum Gasteiger partial charge on any atom is -0.454 e. The number of halogens is 1. The van der Waals surface area contributed by atoms with Gasteiger partial charge in [0.2, 0.25) is 6.79 Å². The highest BCUT2D eigenvalue weighted by molar-refractivity contribution is 9.10. The minimum atomic E-state index is 0.249. The van der Waals surface area contributed by atoms with Gasteiger partial charge < -0.3 is 9.47 Å². The Balaban J connectivity index is 1.70. The maximum atomic E-state index is 9.48. The summed E-state index contributed by atoms with van der Waals surface area (Å²) >= 11 is 5.17. The molecule has 0 saturated heterocycles. The fourth-order valence-electron chi connectivity index (χ4n) is 2.92. The Kier molecular flexibility index (Phi) is 3.83. The molecule has 2 aromatic rings. The zero-order valence-corrected chi connectivity index (χ0v) is 14.7. The summed E-state index contributed by atoms with van der Waals surface area (Å²) in [6.45, 7) is 0.249. The summed E-state index contributed by atoms with van der Waals surface area (Å²) in [5.41, 5.74) is 2.86. The lowest BCUT2D eigenvalue weighted by molar-refractivity contribution is 0.174. The van der Waals surface area contributed by atoms with Crippen molar-refractivity contribution in [2.75, 3.05) is 6.79 Å². The Morgan fingerprint density at radius 1 is 1.22 bits per heavy atom. The number of aliphatic imine (C=N–C) groups is 1. The third-order valence-electron chi connectivity index (χ3n) is 4.08. The van der Waals surface area contributed by atoms with Gasteiger partial charge in [0.05, 0.1) is 5.56 Å². The van der Waals surface area contributed by atoms with Crippen LogP contribution in [0.2, 0.25) is 0 Å². The minimum absolute atomic E-state index is 0.249. The maximum Gasteiger partial charge on any atom is 0.231 e. The molecule has 1 aliphatic carbocycles. The fraction of sp³-hybridized carbons (Fsp3) is 0.294. The molecule has 1 aliphatic heterocycles. The van der Waals surface area contributed by atoms with Crippen LogP contribution in [0.1, 0.15) is 34.4 Å². The molecule has 2 aliphatic rings. The number of aryl methyl sites for hydroxylation is 1. The number of rotatable bonds is 2. The first-order chi connectivity index (χ1) is 11.3. The zero-order valence-electron chi connectivity index (χ0n) is 12.3. The van der Waals surface area contributed by atoms with Crippen LogP contribution in [0.15, 0.2) is 21.6 Å². The molecule has 0 bridgehead atoms.